The maximum absolute atomic E-state index is 11.6. The van der Waals surface area contributed by atoms with Crippen molar-refractivity contribution in [2.24, 2.45) is 0 Å². The van der Waals surface area contributed by atoms with Crippen LogP contribution in [0.4, 0.5) is 11.4 Å². The van der Waals surface area contributed by atoms with Crippen molar-refractivity contribution in [2.45, 2.75) is 18.9 Å². The van der Waals surface area contributed by atoms with Gasteiger partial charge in [0.15, 0.2) is 0 Å². The van der Waals surface area contributed by atoms with Gasteiger partial charge in [-0.05, 0) is 30.7 Å². The summed E-state index contributed by atoms with van der Waals surface area (Å²) in [5, 5.41) is 2.81. The number of benzene rings is 1. The fourth-order valence-corrected chi connectivity index (χ4v) is 1.58. The molecule has 1 amide bonds. The lowest BCUT2D eigenvalue weighted by Crippen LogP contribution is -2.36. The van der Waals surface area contributed by atoms with Crippen LogP contribution < -0.4 is 11.1 Å². The average Bonchev–Trinajstić information content (AvgIpc) is 2.29. The molecule has 0 aliphatic carbocycles. The van der Waals surface area contributed by atoms with Crippen LogP contribution in [0.25, 0.3) is 0 Å². The Morgan fingerprint density at radius 2 is 2.11 bits per heavy atom. The molecule has 1 fully saturated rings. The van der Waals surface area contributed by atoms with Crippen molar-refractivity contribution >= 4 is 17.3 Å². The fourth-order valence-electron chi connectivity index (χ4n) is 1.58. The van der Waals surface area contributed by atoms with Crippen molar-refractivity contribution in [1.82, 2.24) is 0 Å². The molecule has 1 aliphatic rings. The monoisotopic (exact) mass is 250 g/mol. The van der Waals surface area contributed by atoms with Gasteiger partial charge in [-0.1, -0.05) is 0 Å². The molecule has 1 aliphatic heterocycles. The van der Waals surface area contributed by atoms with Crippen LogP contribution in [0.3, 0.4) is 0 Å². The Morgan fingerprint density at radius 1 is 1.39 bits per heavy atom. The summed E-state index contributed by atoms with van der Waals surface area (Å²) in [4.78, 5) is 11.6. The first kappa shape index (κ1) is 12.9. The molecule has 5 heteroatoms. The van der Waals surface area contributed by atoms with Gasteiger partial charge in [-0.2, -0.15) is 0 Å². The van der Waals surface area contributed by atoms with Crippen LogP contribution in [-0.4, -0.2) is 31.8 Å². The largest absolute Gasteiger partial charge is 0.399 e. The second-order valence-corrected chi connectivity index (χ2v) is 4.30. The molecule has 0 aromatic heterocycles. The van der Waals surface area contributed by atoms with Crippen molar-refractivity contribution in [3.8, 4) is 0 Å². The number of carbonyl (C=O) groups is 1. The number of nitrogens with two attached hydrogens (primary N) is 1. The Morgan fingerprint density at radius 3 is 2.72 bits per heavy atom. The SMILES string of the molecule is Nc1ccc(NC(=O)CCCOC2COC2)cc1. The van der Waals surface area contributed by atoms with Crippen LogP contribution in [0.5, 0.6) is 0 Å². The lowest BCUT2D eigenvalue weighted by molar-refractivity contribution is -0.131. The normalized spacial score (nSPS) is 15.1. The van der Waals surface area contributed by atoms with E-state index in [-0.39, 0.29) is 12.0 Å². The molecule has 0 unspecified atom stereocenters. The topological polar surface area (TPSA) is 73.6 Å². The first-order valence-electron chi connectivity index (χ1n) is 6.09. The van der Waals surface area contributed by atoms with Crippen molar-refractivity contribution in [3.05, 3.63) is 24.3 Å². The molecule has 18 heavy (non-hydrogen) atoms. The summed E-state index contributed by atoms with van der Waals surface area (Å²) in [5.41, 5.74) is 7.01. The number of anilines is 2. The maximum Gasteiger partial charge on any atom is 0.224 e. The molecule has 0 spiro atoms. The van der Waals surface area contributed by atoms with Gasteiger partial charge in [0, 0.05) is 24.4 Å². The van der Waals surface area contributed by atoms with Gasteiger partial charge in [-0.25, -0.2) is 0 Å². The van der Waals surface area contributed by atoms with E-state index in [1.54, 1.807) is 24.3 Å². The molecule has 0 radical (unpaired) electrons. The van der Waals surface area contributed by atoms with Crippen LogP contribution in [-0.2, 0) is 14.3 Å². The Kier molecular flexibility index (Phi) is 4.55. The molecule has 1 heterocycles. The number of carbonyl (C=O) groups excluding carboxylic acids is 1. The summed E-state index contributed by atoms with van der Waals surface area (Å²) in [6.45, 7) is 1.96. The van der Waals surface area contributed by atoms with Crippen molar-refractivity contribution < 1.29 is 14.3 Å². The molecular formula is C13H18N2O3. The van der Waals surface area contributed by atoms with E-state index in [1.807, 2.05) is 0 Å². The van der Waals surface area contributed by atoms with Gasteiger partial charge in [0.2, 0.25) is 5.91 Å². The molecule has 0 bridgehead atoms. The summed E-state index contributed by atoms with van der Waals surface area (Å²) < 4.78 is 10.5. The number of hydrogen-bond donors (Lipinski definition) is 2. The Hall–Kier alpha value is -1.59. The Bertz CT molecular complexity index is 388. The van der Waals surface area contributed by atoms with E-state index in [9.17, 15) is 4.79 Å². The lowest BCUT2D eigenvalue weighted by atomic mass is 10.2. The predicted molar refractivity (Wildman–Crippen MR) is 69.3 cm³/mol. The quantitative estimate of drug-likeness (QED) is 0.591. The molecule has 98 valence electrons. The third kappa shape index (κ3) is 4.01. The van der Waals surface area contributed by atoms with Gasteiger partial charge >= 0.3 is 0 Å². The highest BCUT2D eigenvalue weighted by molar-refractivity contribution is 5.90. The predicted octanol–water partition coefficient (Wildman–Crippen LogP) is 1.40. The van der Waals surface area contributed by atoms with E-state index in [2.05, 4.69) is 5.32 Å². The minimum absolute atomic E-state index is 0.00627. The summed E-state index contributed by atoms with van der Waals surface area (Å²) >= 11 is 0. The minimum Gasteiger partial charge on any atom is -0.399 e. The number of hydrogen-bond acceptors (Lipinski definition) is 4. The molecule has 3 N–H and O–H groups in total. The molecule has 1 saturated heterocycles. The fraction of sp³-hybridized carbons (Fsp3) is 0.462. The molecule has 0 atom stereocenters. The second-order valence-electron chi connectivity index (χ2n) is 4.30. The number of ether oxygens (including phenoxy) is 2. The van der Waals surface area contributed by atoms with Gasteiger partial charge in [0.05, 0.1) is 13.2 Å². The molecule has 5 nitrogen and oxygen atoms in total. The third-order valence-corrected chi connectivity index (χ3v) is 2.70. The summed E-state index contributed by atoms with van der Waals surface area (Å²) in [5.74, 6) is -0.00627. The van der Waals surface area contributed by atoms with Gasteiger partial charge in [0.25, 0.3) is 0 Å². The first-order chi connectivity index (χ1) is 8.74. The maximum atomic E-state index is 11.6. The highest BCUT2D eigenvalue weighted by atomic mass is 16.6. The van der Waals surface area contributed by atoms with E-state index in [1.165, 1.54) is 0 Å². The number of nitrogens with one attached hydrogen (secondary N) is 1. The van der Waals surface area contributed by atoms with Gasteiger partial charge in [-0.3, -0.25) is 4.79 Å². The van der Waals surface area contributed by atoms with Crippen molar-refractivity contribution in [1.29, 1.82) is 0 Å². The standard InChI is InChI=1S/C13H18N2O3/c14-10-3-5-11(6-4-10)15-13(16)2-1-7-18-12-8-17-9-12/h3-6,12H,1-2,7-9,14H2,(H,15,16). The lowest BCUT2D eigenvalue weighted by Gasteiger charge is -2.25. The minimum atomic E-state index is -0.00627. The summed E-state index contributed by atoms with van der Waals surface area (Å²) in [6, 6.07) is 7.09. The molecular weight excluding hydrogens is 232 g/mol. The molecule has 1 aromatic carbocycles. The van der Waals surface area contributed by atoms with Gasteiger partial charge in [-0.15, -0.1) is 0 Å². The Balaban J connectivity index is 1.60. The van der Waals surface area contributed by atoms with E-state index in [0.717, 1.165) is 12.1 Å². The first-order valence-corrected chi connectivity index (χ1v) is 6.09. The van der Waals surface area contributed by atoms with E-state index in [4.69, 9.17) is 15.2 Å². The number of amides is 1. The average molecular weight is 250 g/mol. The highest BCUT2D eigenvalue weighted by Crippen LogP contribution is 2.11. The highest BCUT2D eigenvalue weighted by Gasteiger charge is 2.18. The van der Waals surface area contributed by atoms with Crippen LogP contribution >= 0.6 is 0 Å². The van der Waals surface area contributed by atoms with Crippen molar-refractivity contribution in [2.75, 3.05) is 30.9 Å². The van der Waals surface area contributed by atoms with Crippen LogP contribution in [0.15, 0.2) is 24.3 Å². The van der Waals surface area contributed by atoms with Gasteiger partial charge < -0.3 is 20.5 Å². The zero-order valence-corrected chi connectivity index (χ0v) is 10.2. The van der Waals surface area contributed by atoms with Crippen molar-refractivity contribution in [3.63, 3.8) is 0 Å². The zero-order valence-electron chi connectivity index (χ0n) is 10.2. The molecule has 0 saturated carbocycles. The zero-order chi connectivity index (χ0) is 12.8. The second kappa shape index (κ2) is 6.37. The molecule has 2 rings (SSSR count). The number of nitrogen functional groups attached to an aromatic ring is 1. The van der Waals surface area contributed by atoms with E-state index < -0.39 is 0 Å². The molecule has 1 aromatic rings. The van der Waals surface area contributed by atoms with Crippen LogP contribution in [0.2, 0.25) is 0 Å². The summed E-state index contributed by atoms with van der Waals surface area (Å²) in [7, 11) is 0. The summed E-state index contributed by atoms with van der Waals surface area (Å²) in [6.07, 6.45) is 1.40. The van der Waals surface area contributed by atoms with E-state index >= 15 is 0 Å². The Labute approximate surface area is 106 Å². The van der Waals surface area contributed by atoms with Crippen LogP contribution in [0.1, 0.15) is 12.8 Å². The van der Waals surface area contributed by atoms with Gasteiger partial charge in [0.1, 0.15) is 6.10 Å². The third-order valence-electron chi connectivity index (χ3n) is 2.70. The van der Waals surface area contributed by atoms with E-state index in [0.29, 0.717) is 31.9 Å². The van der Waals surface area contributed by atoms with Crippen LogP contribution in [0, 0.1) is 0 Å². The smallest absolute Gasteiger partial charge is 0.224 e. The number of rotatable bonds is 6.